The van der Waals surface area contributed by atoms with Crippen LogP contribution in [-0.4, -0.2) is 90.6 Å². The lowest BCUT2D eigenvalue weighted by atomic mass is 9.42. The summed E-state index contributed by atoms with van der Waals surface area (Å²) in [6, 6.07) is 0. The zero-order valence-corrected chi connectivity index (χ0v) is 28.4. The van der Waals surface area contributed by atoms with Crippen LogP contribution in [0.4, 0.5) is 0 Å². The smallest absolute Gasteiger partial charge is 0.172 e. The van der Waals surface area contributed by atoms with Gasteiger partial charge in [-0.1, -0.05) is 27.7 Å². The van der Waals surface area contributed by atoms with Crippen molar-refractivity contribution in [3.05, 3.63) is 0 Å². The second kappa shape index (κ2) is 11.7. The van der Waals surface area contributed by atoms with E-state index in [9.17, 15) is 15.3 Å². The van der Waals surface area contributed by atoms with Crippen molar-refractivity contribution in [2.24, 2.45) is 52.3 Å². The molecule has 9 nitrogen and oxygen atoms in total. The topological polar surface area (TPSA) is 116 Å². The summed E-state index contributed by atoms with van der Waals surface area (Å²) < 4.78 is 37.4. The number of hydrogen-bond donors (Lipinski definition) is 3. The molecular weight excluding hydrogens is 564 g/mol. The van der Waals surface area contributed by atoms with Crippen LogP contribution in [0.15, 0.2) is 0 Å². The molecular formula is C35H60O9. The Balaban J connectivity index is 1.30. The van der Waals surface area contributed by atoms with Gasteiger partial charge in [0.25, 0.3) is 0 Å². The van der Waals surface area contributed by atoms with Crippen LogP contribution in [0.1, 0.15) is 93.4 Å². The van der Waals surface area contributed by atoms with Gasteiger partial charge in [0, 0.05) is 32.0 Å². The lowest BCUT2D eigenvalue weighted by Crippen LogP contribution is -2.66. The number of aliphatic hydroxyl groups excluding tert-OH is 2. The molecule has 6 aliphatic rings. The molecule has 6 rings (SSSR count). The van der Waals surface area contributed by atoms with Gasteiger partial charge in [-0.2, -0.15) is 0 Å². The molecule has 0 radical (unpaired) electrons. The third kappa shape index (κ3) is 5.14. The van der Waals surface area contributed by atoms with Gasteiger partial charge in [-0.15, -0.1) is 0 Å². The highest BCUT2D eigenvalue weighted by Crippen LogP contribution is 2.71. The van der Waals surface area contributed by atoms with Crippen molar-refractivity contribution in [3.8, 4) is 0 Å². The van der Waals surface area contributed by atoms with E-state index in [1.807, 2.05) is 27.7 Å². The quantitative estimate of drug-likeness (QED) is 0.319. The Morgan fingerprint density at radius 1 is 0.932 bits per heavy atom. The lowest BCUT2D eigenvalue weighted by Gasteiger charge is -2.65. The molecule has 13 atom stereocenters. The van der Waals surface area contributed by atoms with Gasteiger partial charge in [0.1, 0.15) is 12.9 Å². The largest absolute Gasteiger partial charge is 0.396 e. The molecule has 0 unspecified atom stereocenters. The number of hydrogen-bond acceptors (Lipinski definition) is 9. The van der Waals surface area contributed by atoms with Gasteiger partial charge in [0.05, 0.1) is 37.1 Å². The van der Waals surface area contributed by atoms with Crippen molar-refractivity contribution in [2.45, 2.75) is 135 Å². The van der Waals surface area contributed by atoms with Gasteiger partial charge in [-0.3, -0.25) is 0 Å². The van der Waals surface area contributed by atoms with E-state index >= 15 is 0 Å². The van der Waals surface area contributed by atoms with E-state index in [4.69, 9.17) is 28.4 Å². The molecule has 9 heteroatoms. The summed E-state index contributed by atoms with van der Waals surface area (Å²) in [6.45, 7) is 15.8. The van der Waals surface area contributed by atoms with Crippen molar-refractivity contribution in [3.63, 3.8) is 0 Å². The Bertz CT molecular complexity index is 1030. The standard InChI is InChI=1S/C35H60O9/c1-20(2)22(18-36)29(40-19-39-8)30(37)34(7,38)27-10-9-23-21-16-35(41-13-14-42-35)28-15-25-26(44-31(3,4)43-25)17-33(28,6)24(21)11-12-32(23,27)5/h20-30,36-38H,9-19H2,1-8H3/t21-,22-,23-,24-,25-,26+,27-,28-,29+,30-,32-,33+,34+/m0/s1. The molecule has 0 bridgehead atoms. The molecule has 6 fully saturated rings. The van der Waals surface area contributed by atoms with Crippen LogP contribution in [0.3, 0.4) is 0 Å². The molecule has 0 aromatic carbocycles. The molecule has 0 aromatic heterocycles. The van der Waals surface area contributed by atoms with E-state index in [0.29, 0.717) is 31.0 Å². The first kappa shape index (κ1) is 33.5. The van der Waals surface area contributed by atoms with E-state index in [0.717, 1.165) is 44.9 Å². The Labute approximate surface area is 264 Å². The summed E-state index contributed by atoms with van der Waals surface area (Å²) in [7, 11) is 1.55. The number of rotatable bonds is 9. The third-order valence-corrected chi connectivity index (χ3v) is 13.8. The molecule has 4 aliphatic carbocycles. The molecule has 0 aromatic rings. The SMILES string of the molecule is COCO[C@H]([C@@H](CO)C(C)C)[C@H](O)[C@](C)(O)[C@H]1CC[C@H]2[C@@H]3CC4(OCCO4)[C@H]4C[C@@H]5OC(C)(C)O[C@@H]5C[C@]4(C)[C@H]3CC[C@]12C. The molecule has 1 spiro atoms. The normalized spacial score (nSPS) is 45.7. The molecule has 2 heterocycles. The Kier molecular flexibility index (Phi) is 8.88. The average Bonchev–Trinajstić information content (AvgIpc) is 3.63. The zero-order chi connectivity index (χ0) is 31.9. The van der Waals surface area contributed by atoms with E-state index < -0.39 is 29.4 Å². The van der Waals surface area contributed by atoms with E-state index in [1.165, 1.54) is 0 Å². The second-order valence-corrected chi connectivity index (χ2v) is 16.8. The summed E-state index contributed by atoms with van der Waals surface area (Å²) in [5.74, 6) is -0.0686. The summed E-state index contributed by atoms with van der Waals surface area (Å²) in [5.41, 5.74) is -1.58. The fourth-order valence-corrected chi connectivity index (χ4v) is 11.9. The zero-order valence-electron chi connectivity index (χ0n) is 28.4. The molecule has 254 valence electrons. The predicted molar refractivity (Wildman–Crippen MR) is 163 cm³/mol. The number of methoxy groups -OCH3 is 1. The van der Waals surface area contributed by atoms with E-state index in [-0.39, 0.29) is 60.1 Å². The average molecular weight is 625 g/mol. The summed E-state index contributed by atoms with van der Waals surface area (Å²) in [6.07, 6.45) is 4.83. The summed E-state index contributed by atoms with van der Waals surface area (Å²) in [4.78, 5) is 0. The second-order valence-electron chi connectivity index (χ2n) is 16.8. The first-order valence-corrected chi connectivity index (χ1v) is 17.4. The van der Waals surface area contributed by atoms with Gasteiger partial charge in [0.2, 0.25) is 0 Å². The van der Waals surface area contributed by atoms with Gasteiger partial charge >= 0.3 is 0 Å². The lowest BCUT2D eigenvalue weighted by molar-refractivity contribution is -0.302. The summed E-state index contributed by atoms with van der Waals surface area (Å²) >= 11 is 0. The highest BCUT2D eigenvalue weighted by molar-refractivity contribution is 5.17. The van der Waals surface area contributed by atoms with Gasteiger partial charge in [-0.25, -0.2) is 0 Å². The van der Waals surface area contributed by atoms with E-state index in [2.05, 4.69) is 13.8 Å². The number of aliphatic hydroxyl groups is 3. The molecule has 0 amide bonds. The van der Waals surface area contributed by atoms with E-state index in [1.54, 1.807) is 14.0 Å². The monoisotopic (exact) mass is 624 g/mol. The maximum absolute atomic E-state index is 12.3. The maximum atomic E-state index is 12.3. The third-order valence-electron chi connectivity index (χ3n) is 13.8. The Morgan fingerprint density at radius 2 is 1.59 bits per heavy atom. The fraction of sp³-hybridized carbons (Fsp3) is 1.00. The Hall–Kier alpha value is -0.360. The Morgan fingerprint density at radius 3 is 2.23 bits per heavy atom. The molecule has 2 saturated heterocycles. The van der Waals surface area contributed by atoms with Crippen LogP contribution < -0.4 is 0 Å². The van der Waals surface area contributed by atoms with Gasteiger partial charge < -0.3 is 43.7 Å². The predicted octanol–water partition coefficient (Wildman–Crippen LogP) is 4.49. The van der Waals surface area contributed by atoms with Crippen LogP contribution in [0.2, 0.25) is 0 Å². The number of fused-ring (bicyclic) bond motifs is 7. The number of ether oxygens (including phenoxy) is 6. The van der Waals surface area contributed by atoms with Crippen LogP contribution in [0.5, 0.6) is 0 Å². The van der Waals surface area contributed by atoms with Crippen molar-refractivity contribution in [1.29, 1.82) is 0 Å². The highest BCUT2D eigenvalue weighted by Gasteiger charge is 2.71. The fourth-order valence-electron chi connectivity index (χ4n) is 11.9. The van der Waals surface area contributed by atoms with Crippen molar-refractivity contribution < 1.29 is 43.7 Å². The first-order valence-electron chi connectivity index (χ1n) is 17.4. The minimum atomic E-state index is -1.41. The van der Waals surface area contributed by atoms with Crippen LogP contribution in [0.25, 0.3) is 0 Å². The van der Waals surface area contributed by atoms with Gasteiger partial charge in [0.15, 0.2) is 11.6 Å². The van der Waals surface area contributed by atoms with Crippen LogP contribution in [0, 0.1) is 52.3 Å². The van der Waals surface area contributed by atoms with Crippen molar-refractivity contribution in [1.82, 2.24) is 0 Å². The van der Waals surface area contributed by atoms with Crippen molar-refractivity contribution >= 4 is 0 Å². The summed E-state index contributed by atoms with van der Waals surface area (Å²) in [5, 5.41) is 34.5. The molecule has 2 aliphatic heterocycles. The van der Waals surface area contributed by atoms with Crippen LogP contribution >= 0.6 is 0 Å². The first-order chi connectivity index (χ1) is 20.6. The minimum Gasteiger partial charge on any atom is -0.396 e. The molecule has 4 saturated carbocycles. The molecule has 3 N–H and O–H groups in total. The highest BCUT2D eigenvalue weighted by atomic mass is 16.8. The minimum absolute atomic E-state index is 0.00897. The van der Waals surface area contributed by atoms with Crippen LogP contribution in [-0.2, 0) is 28.4 Å². The van der Waals surface area contributed by atoms with Gasteiger partial charge in [-0.05, 0) is 99.7 Å². The molecule has 44 heavy (non-hydrogen) atoms. The maximum Gasteiger partial charge on any atom is 0.172 e. The van der Waals surface area contributed by atoms with Crippen molar-refractivity contribution in [2.75, 3.05) is 33.7 Å².